The number of sulfonamides is 1. The molecule has 1 atom stereocenters. The van der Waals surface area contributed by atoms with Gasteiger partial charge < -0.3 is 9.64 Å². The van der Waals surface area contributed by atoms with Gasteiger partial charge in [0.1, 0.15) is 17.9 Å². The van der Waals surface area contributed by atoms with Crippen molar-refractivity contribution in [2.24, 2.45) is 5.92 Å². The fraction of sp³-hybridized carbons (Fsp3) is 0.414. The second-order valence-corrected chi connectivity index (χ2v) is 12.4. The van der Waals surface area contributed by atoms with Crippen LogP contribution in [0.2, 0.25) is 0 Å². The van der Waals surface area contributed by atoms with Crippen LogP contribution in [-0.4, -0.2) is 61.9 Å². The van der Waals surface area contributed by atoms with Gasteiger partial charge in [-0.2, -0.15) is 0 Å². The average Bonchev–Trinajstić information content (AvgIpc) is 3.38. The summed E-state index contributed by atoms with van der Waals surface area (Å²) in [4.78, 5) is 24.9. The van der Waals surface area contributed by atoms with Gasteiger partial charge in [-0.25, -0.2) is 23.1 Å². The van der Waals surface area contributed by atoms with Gasteiger partial charge in [0.25, 0.3) is 0 Å². The summed E-state index contributed by atoms with van der Waals surface area (Å²) in [7, 11) is 0.511. The maximum Gasteiger partial charge on any atom is 0.239 e. The standard InChI is InChI=1S/C29H35N5O4S/c1-19(21-7-8-23-16-25(38-3)12-9-22(23)15-21)29(35)34-14-13-26-27(30-18-31-28(26)34)33(2)24-10-5-20(6-11-24)17-32-39(4,36)37/h7-9,12-16,18-20,24,32H,5-6,10-11,17H2,1-4H3. The largest absolute Gasteiger partial charge is 0.497 e. The first kappa shape index (κ1) is 27.1. The predicted molar refractivity (Wildman–Crippen MR) is 154 cm³/mol. The number of nitrogens with zero attached hydrogens (tertiary/aromatic N) is 4. The van der Waals surface area contributed by atoms with E-state index in [-0.39, 0.29) is 17.9 Å². The second kappa shape index (κ2) is 10.9. The molecule has 0 saturated heterocycles. The molecule has 0 spiro atoms. The number of nitrogens with one attached hydrogen (secondary N) is 1. The van der Waals surface area contributed by atoms with Gasteiger partial charge in [0.15, 0.2) is 5.65 Å². The first-order valence-corrected chi connectivity index (χ1v) is 15.1. The number of ether oxygens (including phenoxy) is 1. The number of carbonyl (C=O) groups excluding carboxylic acids is 1. The van der Waals surface area contributed by atoms with E-state index in [1.54, 1.807) is 17.9 Å². The predicted octanol–water partition coefficient (Wildman–Crippen LogP) is 4.58. The van der Waals surface area contributed by atoms with Gasteiger partial charge in [-0.05, 0) is 73.1 Å². The number of rotatable bonds is 8. The van der Waals surface area contributed by atoms with Gasteiger partial charge in [-0.15, -0.1) is 0 Å². The lowest BCUT2D eigenvalue weighted by molar-refractivity contribution is 0.0889. The Morgan fingerprint density at radius 1 is 1.10 bits per heavy atom. The molecular formula is C29H35N5O4S. The Hall–Kier alpha value is -3.50. The summed E-state index contributed by atoms with van der Waals surface area (Å²) in [5.41, 5.74) is 1.54. The molecule has 2 aromatic heterocycles. The lowest BCUT2D eigenvalue weighted by Crippen LogP contribution is -2.38. The molecule has 1 fully saturated rings. The molecule has 1 aliphatic carbocycles. The first-order chi connectivity index (χ1) is 18.6. The number of aromatic nitrogens is 3. The molecule has 0 bridgehead atoms. The van der Waals surface area contributed by atoms with Crippen molar-refractivity contribution in [2.45, 2.75) is 44.6 Å². The quantitative estimate of drug-likeness (QED) is 0.343. The Morgan fingerprint density at radius 3 is 2.54 bits per heavy atom. The van der Waals surface area contributed by atoms with E-state index >= 15 is 0 Å². The van der Waals surface area contributed by atoms with Crippen LogP contribution in [0, 0.1) is 5.92 Å². The highest BCUT2D eigenvalue weighted by Crippen LogP contribution is 2.33. The normalized spacial score (nSPS) is 18.8. The van der Waals surface area contributed by atoms with Crippen molar-refractivity contribution < 1.29 is 17.9 Å². The zero-order chi connectivity index (χ0) is 27.7. The Labute approximate surface area is 229 Å². The van der Waals surface area contributed by atoms with Crippen molar-refractivity contribution in [3.63, 3.8) is 0 Å². The first-order valence-electron chi connectivity index (χ1n) is 13.3. The summed E-state index contributed by atoms with van der Waals surface area (Å²) < 4.78 is 32.5. The number of fused-ring (bicyclic) bond motifs is 2. The van der Waals surface area contributed by atoms with E-state index in [2.05, 4.69) is 25.7 Å². The van der Waals surface area contributed by atoms with Crippen LogP contribution in [0.1, 0.15) is 48.9 Å². The molecular weight excluding hydrogens is 514 g/mol. The minimum Gasteiger partial charge on any atom is -0.497 e. The van der Waals surface area contributed by atoms with Gasteiger partial charge in [0.05, 0.1) is 24.7 Å². The summed E-state index contributed by atoms with van der Waals surface area (Å²) in [6, 6.07) is 14.2. The molecule has 0 amide bonds. The van der Waals surface area contributed by atoms with Crippen molar-refractivity contribution in [1.82, 2.24) is 19.3 Å². The van der Waals surface area contributed by atoms with Crippen LogP contribution in [0.25, 0.3) is 21.8 Å². The molecule has 9 nitrogen and oxygen atoms in total. The van der Waals surface area contributed by atoms with E-state index in [4.69, 9.17) is 4.74 Å². The van der Waals surface area contributed by atoms with Crippen LogP contribution in [-0.2, 0) is 10.0 Å². The fourth-order valence-corrected chi connectivity index (χ4v) is 6.10. The summed E-state index contributed by atoms with van der Waals surface area (Å²) in [6.07, 6.45) is 8.29. The third-order valence-electron chi connectivity index (χ3n) is 7.97. The summed E-state index contributed by atoms with van der Waals surface area (Å²) in [5.74, 6) is 1.53. The molecule has 39 heavy (non-hydrogen) atoms. The SMILES string of the molecule is COc1ccc2cc(C(C)C(=O)n3ccc4c(N(C)C5CCC(CNS(C)(=O)=O)CC5)ncnc43)ccc2c1. The zero-order valence-corrected chi connectivity index (χ0v) is 23.6. The maximum atomic E-state index is 13.6. The lowest BCUT2D eigenvalue weighted by atomic mass is 9.85. The summed E-state index contributed by atoms with van der Waals surface area (Å²) >= 11 is 0. The Kier molecular flexibility index (Phi) is 7.59. The lowest BCUT2D eigenvalue weighted by Gasteiger charge is -2.35. The Balaban J connectivity index is 1.33. The van der Waals surface area contributed by atoms with Gasteiger partial charge in [0, 0.05) is 25.8 Å². The van der Waals surface area contributed by atoms with Crippen LogP contribution < -0.4 is 14.4 Å². The number of anilines is 1. The van der Waals surface area contributed by atoms with Crippen molar-refractivity contribution >= 4 is 43.6 Å². The third-order valence-corrected chi connectivity index (χ3v) is 8.66. The van der Waals surface area contributed by atoms with E-state index in [0.29, 0.717) is 18.1 Å². The highest BCUT2D eigenvalue weighted by Gasteiger charge is 2.27. The van der Waals surface area contributed by atoms with Crippen LogP contribution in [0.15, 0.2) is 55.0 Å². The second-order valence-electron chi connectivity index (χ2n) is 10.6. The Bertz CT molecular complexity index is 1610. The molecule has 1 aliphatic rings. The van der Waals surface area contributed by atoms with Crippen LogP contribution in [0.5, 0.6) is 5.75 Å². The van der Waals surface area contributed by atoms with E-state index in [1.165, 1.54) is 12.6 Å². The third kappa shape index (κ3) is 5.77. The van der Waals surface area contributed by atoms with Gasteiger partial charge in [-0.1, -0.05) is 24.3 Å². The number of hydrogen-bond acceptors (Lipinski definition) is 7. The Morgan fingerprint density at radius 2 is 1.82 bits per heavy atom. The van der Waals surface area contributed by atoms with Crippen LogP contribution in [0.4, 0.5) is 5.82 Å². The molecule has 1 N–H and O–H groups in total. The van der Waals surface area contributed by atoms with Crippen molar-refractivity contribution in [1.29, 1.82) is 0 Å². The molecule has 10 heteroatoms. The number of methoxy groups -OCH3 is 1. The van der Waals surface area contributed by atoms with Gasteiger partial charge in [-0.3, -0.25) is 9.36 Å². The van der Waals surface area contributed by atoms with E-state index in [1.807, 2.05) is 50.4 Å². The minimum atomic E-state index is -3.17. The summed E-state index contributed by atoms with van der Waals surface area (Å²) in [5, 5.41) is 2.95. The maximum absolute atomic E-state index is 13.6. The molecule has 0 radical (unpaired) electrons. The van der Waals surface area contributed by atoms with Crippen molar-refractivity contribution in [3.8, 4) is 5.75 Å². The smallest absolute Gasteiger partial charge is 0.239 e. The molecule has 0 aliphatic heterocycles. The summed E-state index contributed by atoms with van der Waals surface area (Å²) in [6.45, 7) is 2.41. The molecule has 2 heterocycles. The number of carbonyl (C=O) groups is 1. The topological polar surface area (TPSA) is 106 Å². The number of benzene rings is 2. The van der Waals surface area contributed by atoms with Gasteiger partial charge in [0.2, 0.25) is 15.9 Å². The molecule has 2 aromatic carbocycles. The minimum absolute atomic E-state index is 0.0518. The molecule has 4 aromatic rings. The molecule has 1 unspecified atom stereocenters. The highest BCUT2D eigenvalue weighted by atomic mass is 32.2. The van der Waals surface area contributed by atoms with Crippen molar-refractivity contribution in [2.75, 3.05) is 31.9 Å². The van der Waals surface area contributed by atoms with Crippen molar-refractivity contribution in [3.05, 3.63) is 60.6 Å². The van der Waals surface area contributed by atoms with E-state index in [0.717, 1.165) is 59.0 Å². The highest BCUT2D eigenvalue weighted by molar-refractivity contribution is 7.88. The molecule has 5 rings (SSSR count). The molecule has 1 saturated carbocycles. The monoisotopic (exact) mass is 549 g/mol. The van der Waals surface area contributed by atoms with E-state index in [9.17, 15) is 13.2 Å². The number of hydrogen-bond donors (Lipinski definition) is 1. The zero-order valence-electron chi connectivity index (χ0n) is 22.8. The van der Waals surface area contributed by atoms with Crippen LogP contribution >= 0.6 is 0 Å². The van der Waals surface area contributed by atoms with Crippen LogP contribution in [0.3, 0.4) is 0 Å². The fourth-order valence-electron chi connectivity index (χ4n) is 5.57. The molecule has 206 valence electrons. The average molecular weight is 550 g/mol. The van der Waals surface area contributed by atoms with Gasteiger partial charge >= 0.3 is 0 Å². The van der Waals surface area contributed by atoms with E-state index < -0.39 is 10.0 Å².